The first-order chi connectivity index (χ1) is 25.8. The second-order valence-electron chi connectivity index (χ2n) is 17.5. The minimum Gasteiger partial charge on any atom is -0.471 e. The number of benzene rings is 2. The largest absolute Gasteiger partial charge is 0.471 e. The van der Waals surface area contributed by atoms with E-state index in [0.717, 1.165) is 53.8 Å². The number of imidazole rings is 1. The number of hydrogen-bond acceptors (Lipinski definition) is 8. The Balaban J connectivity index is 1.38. The number of amides is 2. The standard InChI is InChI=1S/C43H60N6O6/c1-41(2,3)49(40(51)52)32(25-29-18-20-30(21-19-29)33-27-44-39(55-43(7,8)9)46-38(33)54-42(4,5)6)26-36(50)47-22-13-15-31(28-47)37-45-34-16-11-12-17-35(34)48(37)23-14-24-53-10/h11-12,16-21,27,31-32H,13-15,22-26,28H2,1-10H3,(H,51,52)/t31-,32-/m1/s1. The van der Waals surface area contributed by atoms with Crippen molar-refractivity contribution in [2.24, 2.45) is 0 Å². The number of methoxy groups -OCH3 is 1. The van der Waals surface area contributed by atoms with Gasteiger partial charge >= 0.3 is 12.1 Å². The predicted octanol–water partition coefficient (Wildman–Crippen LogP) is 8.37. The molecular formula is C43H60N6O6. The van der Waals surface area contributed by atoms with Crippen LogP contribution in [0.4, 0.5) is 4.79 Å². The Kier molecular flexibility index (Phi) is 12.8. The zero-order chi connectivity index (χ0) is 40.1. The highest BCUT2D eigenvalue weighted by Crippen LogP contribution is 2.34. The Bertz CT molecular complexity index is 1920. The van der Waals surface area contributed by atoms with E-state index in [9.17, 15) is 14.7 Å². The minimum atomic E-state index is -1.05. The fourth-order valence-corrected chi connectivity index (χ4v) is 7.33. The quantitative estimate of drug-likeness (QED) is 0.134. The summed E-state index contributed by atoms with van der Waals surface area (Å²) in [6.45, 7) is 19.9. The van der Waals surface area contributed by atoms with Crippen LogP contribution in [0.1, 0.15) is 105 Å². The number of aryl methyl sites for hydroxylation is 1. The molecule has 1 aliphatic rings. The normalized spacial score (nSPS) is 15.9. The lowest BCUT2D eigenvalue weighted by molar-refractivity contribution is -0.134. The number of ether oxygens (including phenoxy) is 3. The molecule has 2 aromatic carbocycles. The maximum atomic E-state index is 14.2. The number of carboxylic acid groups (broad SMARTS) is 1. The Morgan fingerprint density at radius 1 is 0.945 bits per heavy atom. The van der Waals surface area contributed by atoms with Gasteiger partial charge in [-0.15, -0.1) is 0 Å². The van der Waals surface area contributed by atoms with Gasteiger partial charge in [-0.1, -0.05) is 36.4 Å². The van der Waals surface area contributed by atoms with Gasteiger partial charge in [-0.3, -0.25) is 9.69 Å². The summed E-state index contributed by atoms with van der Waals surface area (Å²) in [6, 6.07) is 15.7. The number of hydrogen-bond donors (Lipinski definition) is 1. The molecule has 0 aliphatic carbocycles. The predicted molar refractivity (Wildman–Crippen MR) is 215 cm³/mol. The van der Waals surface area contributed by atoms with Crippen LogP contribution in [0.5, 0.6) is 11.9 Å². The van der Waals surface area contributed by atoms with Crippen molar-refractivity contribution in [2.75, 3.05) is 26.8 Å². The third-order valence-corrected chi connectivity index (χ3v) is 9.53. The van der Waals surface area contributed by atoms with Gasteiger partial charge in [-0.05, 0) is 111 Å². The summed E-state index contributed by atoms with van der Waals surface area (Å²) < 4.78 is 19.8. The monoisotopic (exact) mass is 756 g/mol. The average molecular weight is 757 g/mol. The van der Waals surface area contributed by atoms with E-state index < -0.39 is 28.9 Å². The molecule has 3 heterocycles. The van der Waals surface area contributed by atoms with Crippen LogP contribution in [0.15, 0.2) is 54.7 Å². The van der Waals surface area contributed by atoms with E-state index in [1.165, 1.54) is 4.90 Å². The number of likely N-dealkylation sites (tertiary alicyclic amines) is 1. The van der Waals surface area contributed by atoms with Crippen molar-refractivity contribution in [3.63, 3.8) is 0 Å². The molecule has 0 spiro atoms. The maximum absolute atomic E-state index is 14.2. The molecule has 12 nitrogen and oxygen atoms in total. The Morgan fingerprint density at radius 2 is 1.64 bits per heavy atom. The molecule has 1 aliphatic heterocycles. The van der Waals surface area contributed by atoms with E-state index in [1.54, 1.807) is 13.3 Å². The first-order valence-electron chi connectivity index (χ1n) is 19.4. The Morgan fingerprint density at radius 3 is 2.27 bits per heavy atom. The number of fused-ring (bicyclic) bond motifs is 1. The molecule has 2 aromatic heterocycles. The molecule has 1 saturated heterocycles. The van der Waals surface area contributed by atoms with Gasteiger partial charge in [-0.25, -0.2) is 14.8 Å². The topological polar surface area (TPSA) is 132 Å². The summed E-state index contributed by atoms with van der Waals surface area (Å²) >= 11 is 0. The summed E-state index contributed by atoms with van der Waals surface area (Å²) in [5, 5.41) is 10.5. The smallest absolute Gasteiger partial charge is 0.408 e. The van der Waals surface area contributed by atoms with Gasteiger partial charge in [-0.2, -0.15) is 4.98 Å². The minimum absolute atomic E-state index is 0.0532. The van der Waals surface area contributed by atoms with Crippen molar-refractivity contribution in [1.29, 1.82) is 0 Å². The zero-order valence-electron chi connectivity index (χ0n) is 34.4. The maximum Gasteiger partial charge on any atom is 0.408 e. The van der Waals surface area contributed by atoms with Crippen molar-refractivity contribution < 1.29 is 28.9 Å². The van der Waals surface area contributed by atoms with Crippen molar-refractivity contribution >= 4 is 23.0 Å². The molecule has 0 unspecified atom stereocenters. The van der Waals surface area contributed by atoms with Gasteiger partial charge in [0.05, 0.1) is 16.6 Å². The van der Waals surface area contributed by atoms with Crippen molar-refractivity contribution in [2.45, 2.75) is 130 Å². The molecule has 1 fully saturated rings. The van der Waals surface area contributed by atoms with Crippen LogP contribution in [0.25, 0.3) is 22.2 Å². The molecule has 12 heteroatoms. The summed E-state index contributed by atoms with van der Waals surface area (Å²) in [7, 11) is 1.71. The number of nitrogens with zero attached hydrogens (tertiary/aromatic N) is 6. The SMILES string of the molecule is COCCCn1c([C@@H]2CCCN(C(=O)C[C@@H](Cc3ccc(-c4cnc(OC(C)(C)C)nc4OC(C)(C)C)cc3)N(C(=O)O)C(C)(C)C)C2)nc2ccccc21. The van der Waals surface area contributed by atoms with Crippen molar-refractivity contribution in [3.05, 3.63) is 66.1 Å². The number of carbonyl (C=O) groups is 2. The lowest BCUT2D eigenvalue weighted by Gasteiger charge is -2.41. The molecule has 298 valence electrons. The molecule has 55 heavy (non-hydrogen) atoms. The van der Waals surface area contributed by atoms with Crippen LogP contribution in [0.3, 0.4) is 0 Å². The summed E-state index contributed by atoms with van der Waals surface area (Å²) in [5.74, 6) is 1.42. The van der Waals surface area contributed by atoms with Crippen LogP contribution in [0.2, 0.25) is 0 Å². The van der Waals surface area contributed by atoms with Crippen molar-refractivity contribution in [3.8, 4) is 23.0 Å². The first-order valence-corrected chi connectivity index (χ1v) is 19.4. The lowest BCUT2D eigenvalue weighted by atomic mass is 9.93. The average Bonchev–Trinajstić information content (AvgIpc) is 3.45. The Labute approximate surface area is 326 Å². The highest BCUT2D eigenvalue weighted by molar-refractivity contribution is 5.79. The van der Waals surface area contributed by atoms with Gasteiger partial charge < -0.3 is 28.8 Å². The van der Waals surface area contributed by atoms with Gasteiger partial charge in [0.1, 0.15) is 17.0 Å². The zero-order valence-corrected chi connectivity index (χ0v) is 34.4. The molecule has 0 bridgehead atoms. The summed E-state index contributed by atoms with van der Waals surface area (Å²) in [6.07, 6.45) is 3.71. The Hall–Kier alpha value is -4.71. The number of carbonyl (C=O) groups excluding carboxylic acids is 1. The van der Waals surface area contributed by atoms with E-state index >= 15 is 0 Å². The van der Waals surface area contributed by atoms with Gasteiger partial charge in [0.2, 0.25) is 11.8 Å². The number of piperidine rings is 1. The van der Waals surface area contributed by atoms with E-state index in [1.807, 2.05) is 110 Å². The molecular weight excluding hydrogens is 697 g/mol. The van der Waals surface area contributed by atoms with E-state index in [0.29, 0.717) is 37.6 Å². The van der Waals surface area contributed by atoms with Gasteiger partial charge in [0.15, 0.2) is 0 Å². The van der Waals surface area contributed by atoms with Gasteiger partial charge in [0.25, 0.3) is 0 Å². The number of aromatic nitrogens is 4. The van der Waals surface area contributed by atoms with Crippen LogP contribution in [-0.2, 0) is 22.5 Å². The highest BCUT2D eigenvalue weighted by atomic mass is 16.5. The van der Waals surface area contributed by atoms with Gasteiger partial charge in [0, 0.05) is 63.5 Å². The molecule has 4 aromatic rings. The van der Waals surface area contributed by atoms with Crippen LogP contribution in [-0.4, -0.2) is 96.0 Å². The fraction of sp³-hybridized carbons (Fsp3) is 0.558. The second-order valence-corrected chi connectivity index (χ2v) is 17.5. The molecule has 0 radical (unpaired) electrons. The first kappa shape index (κ1) is 41.5. The number of para-hydroxylation sites is 2. The van der Waals surface area contributed by atoms with Crippen LogP contribution in [0, 0.1) is 0 Å². The van der Waals surface area contributed by atoms with E-state index in [-0.39, 0.29) is 24.3 Å². The number of rotatable bonds is 13. The lowest BCUT2D eigenvalue weighted by Crippen LogP contribution is -2.54. The molecule has 5 rings (SSSR count). The molecule has 0 saturated carbocycles. The fourth-order valence-electron chi connectivity index (χ4n) is 7.33. The molecule has 1 N–H and O–H groups in total. The van der Waals surface area contributed by atoms with E-state index in [2.05, 4.69) is 20.6 Å². The third kappa shape index (κ3) is 11.0. The third-order valence-electron chi connectivity index (χ3n) is 9.53. The molecule has 2 amide bonds. The highest BCUT2D eigenvalue weighted by Gasteiger charge is 2.37. The molecule has 2 atom stereocenters. The second kappa shape index (κ2) is 17.0. The van der Waals surface area contributed by atoms with Crippen LogP contribution >= 0.6 is 0 Å². The van der Waals surface area contributed by atoms with Crippen molar-refractivity contribution in [1.82, 2.24) is 29.3 Å². The summed E-state index contributed by atoms with van der Waals surface area (Å²) in [5.41, 5.74) is 2.77. The van der Waals surface area contributed by atoms with E-state index in [4.69, 9.17) is 19.2 Å². The van der Waals surface area contributed by atoms with Crippen LogP contribution < -0.4 is 9.47 Å². The summed E-state index contributed by atoms with van der Waals surface area (Å²) in [4.78, 5) is 44.6.